The van der Waals surface area contributed by atoms with E-state index in [1.165, 1.54) is 5.56 Å². The number of benzene rings is 3. The quantitative estimate of drug-likeness (QED) is 0.238. The highest BCUT2D eigenvalue weighted by Gasteiger charge is 2.22. The fourth-order valence-corrected chi connectivity index (χ4v) is 5.87. The molecule has 1 aromatic heterocycles. The van der Waals surface area contributed by atoms with E-state index < -0.39 is 0 Å². The van der Waals surface area contributed by atoms with Gasteiger partial charge in [-0.2, -0.15) is 5.10 Å². The average Bonchev–Trinajstić information content (AvgIpc) is 3.50. The Morgan fingerprint density at radius 2 is 1.52 bits per heavy atom. The number of morpholine rings is 2. The Balaban J connectivity index is 1.17. The minimum absolute atomic E-state index is 0.195. The van der Waals surface area contributed by atoms with Gasteiger partial charge in [0.05, 0.1) is 43.5 Å². The van der Waals surface area contributed by atoms with Crippen molar-refractivity contribution in [3.63, 3.8) is 0 Å². The molecule has 0 aliphatic carbocycles. The van der Waals surface area contributed by atoms with Crippen LogP contribution in [-0.4, -0.2) is 97.9 Å². The Morgan fingerprint density at radius 3 is 2.24 bits per heavy atom. The molecule has 0 atom stereocenters. The molecule has 2 saturated heterocycles. The van der Waals surface area contributed by atoms with E-state index in [-0.39, 0.29) is 11.4 Å². The molecule has 0 unspecified atom stereocenters. The van der Waals surface area contributed by atoms with Crippen molar-refractivity contribution in [2.75, 3.05) is 82.9 Å². The summed E-state index contributed by atoms with van der Waals surface area (Å²) >= 11 is 0. The Labute approximate surface area is 271 Å². The fraction of sp³-hybridized carbons (Fsp3) is 0.444. The number of nitrogens with zero attached hydrogens (tertiary/aromatic N) is 4. The molecule has 2 aliphatic rings. The van der Waals surface area contributed by atoms with Crippen molar-refractivity contribution < 1.29 is 19.0 Å². The average molecular weight is 627 g/mol. The highest BCUT2D eigenvalue weighted by Crippen LogP contribution is 2.32. The number of hydrogen-bond acceptors (Lipinski definition) is 7. The van der Waals surface area contributed by atoms with Crippen LogP contribution in [0.3, 0.4) is 0 Å². The van der Waals surface area contributed by atoms with Gasteiger partial charge in [-0.05, 0) is 36.2 Å². The van der Waals surface area contributed by atoms with Crippen LogP contribution in [0.5, 0.6) is 5.75 Å². The summed E-state index contributed by atoms with van der Waals surface area (Å²) in [6.07, 6.45) is 0.935. The highest BCUT2D eigenvalue weighted by atomic mass is 16.5. The van der Waals surface area contributed by atoms with Crippen molar-refractivity contribution in [1.29, 1.82) is 0 Å². The van der Waals surface area contributed by atoms with Crippen LogP contribution in [0.4, 0.5) is 16.3 Å². The number of urea groups is 1. The van der Waals surface area contributed by atoms with E-state index >= 15 is 0 Å². The summed E-state index contributed by atoms with van der Waals surface area (Å²) in [5.41, 5.74) is 3.55. The van der Waals surface area contributed by atoms with Crippen LogP contribution in [0.15, 0.2) is 66.7 Å². The van der Waals surface area contributed by atoms with E-state index in [0.29, 0.717) is 18.1 Å². The van der Waals surface area contributed by atoms with Gasteiger partial charge in [-0.15, -0.1) is 0 Å². The molecule has 2 amide bonds. The number of nitrogens with one attached hydrogen (secondary N) is 2. The molecular formula is C36H46N6O4. The number of hydrogen-bond donors (Lipinski definition) is 2. The van der Waals surface area contributed by atoms with Gasteiger partial charge in [0, 0.05) is 61.5 Å². The maximum absolute atomic E-state index is 13.5. The smallest absolute Gasteiger partial charge is 0.324 e. The maximum atomic E-state index is 13.5. The summed E-state index contributed by atoms with van der Waals surface area (Å²) in [6.45, 7) is 15.7. The van der Waals surface area contributed by atoms with Gasteiger partial charge in [0.2, 0.25) is 0 Å². The third kappa shape index (κ3) is 8.06. The molecular weight excluding hydrogens is 580 g/mol. The zero-order valence-corrected chi connectivity index (χ0v) is 27.3. The molecule has 244 valence electrons. The first-order chi connectivity index (χ1) is 22.3. The second-order valence-corrected chi connectivity index (χ2v) is 13.0. The van der Waals surface area contributed by atoms with E-state index in [0.717, 1.165) is 100 Å². The first-order valence-electron chi connectivity index (χ1n) is 16.4. The van der Waals surface area contributed by atoms with Crippen molar-refractivity contribution >= 4 is 28.3 Å². The Kier molecular flexibility index (Phi) is 10.2. The van der Waals surface area contributed by atoms with Crippen molar-refractivity contribution in [3.05, 3.63) is 78.0 Å². The number of anilines is 2. The molecule has 46 heavy (non-hydrogen) atoms. The Morgan fingerprint density at radius 1 is 0.826 bits per heavy atom. The molecule has 6 rings (SSSR count). The molecule has 10 heteroatoms. The van der Waals surface area contributed by atoms with Crippen LogP contribution < -0.4 is 15.4 Å². The number of ether oxygens (including phenoxy) is 3. The van der Waals surface area contributed by atoms with Gasteiger partial charge in [0.1, 0.15) is 18.2 Å². The molecule has 10 nitrogen and oxygen atoms in total. The number of aromatic nitrogens is 2. The van der Waals surface area contributed by atoms with Gasteiger partial charge >= 0.3 is 6.03 Å². The second-order valence-electron chi connectivity index (χ2n) is 13.0. The summed E-state index contributed by atoms with van der Waals surface area (Å²) in [7, 11) is 0. The van der Waals surface area contributed by atoms with E-state index in [1.54, 1.807) is 0 Å². The number of carbonyl (C=O) groups is 1. The third-order valence-corrected chi connectivity index (χ3v) is 8.60. The van der Waals surface area contributed by atoms with Gasteiger partial charge in [0.25, 0.3) is 0 Å². The molecule has 2 aliphatic heterocycles. The molecule has 0 radical (unpaired) electrons. The zero-order valence-electron chi connectivity index (χ0n) is 27.3. The van der Waals surface area contributed by atoms with Gasteiger partial charge in [-0.3, -0.25) is 15.1 Å². The van der Waals surface area contributed by atoms with Crippen LogP contribution in [0.1, 0.15) is 32.0 Å². The summed E-state index contributed by atoms with van der Waals surface area (Å²) in [6, 6.07) is 21.9. The van der Waals surface area contributed by atoms with E-state index in [1.807, 2.05) is 53.2 Å². The third-order valence-electron chi connectivity index (χ3n) is 8.60. The summed E-state index contributed by atoms with van der Waals surface area (Å²) in [5.74, 6) is 1.41. The van der Waals surface area contributed by atoms with Crippen LogP contribution in [0.25, 0.3) is 16.5 Å². The number of amides is 2. The molecule has 0 spiro atoms. The molecule has 0 saturated carbocycles. The SMILES string of the molecule is CC(C)(C)c1cc(NC(=O)Nc2ccc(OCCN3CCOCC3)c3ccccc23)n(-c2cccc(CCN3CCOCC3)c2)n1. The largest absolute Gasteiger partial charge is 0.492 e. The summed E-state index contributed by atoms with van der Waals surface area (Å²) < 4.78 is 19.0. The Hall–Kier alpha value is -3.96. The topological polar surface area (TPSA) is 93.1 Å². The van der Waals surface area contributed by atoms with Crippen LogP contribution in [-0.2, 0) is 21.3 Å². The lowest BCUT2D eigenvalue weighted by Crippen LogP contribution is -2.38. The number of fused-ring (bicyclic) bond motifs is 1. The maximum Gasteiger partial charge on any atom is 0.324 e. The highest BCUT2D eigenvalue weighted by molar-refractivity contribution is 6.07. The molecule has 4 aromatic rings. The second kappa shape index (κ2) is 14.6. The molecule has 2 fully saturated rings. The normalized spacial score (nSPS) is 16.4. The monoisotopic (exact) mass is 626 g/mol. The first kappa shape index (κ1) is 32.0. The van der Waals surface area contributed by atoms with Crippen LogP contribution in [0.2, 0.25) is 0 Å². The lowest BCUT2D eigenvalue weighted by atomic mass is 9.92. The molecule has 3 aromatic carbocycles. The standard InChI is InChI=1S/C36H46N6O4/c1-36(2,3)33-26-34(42(39-33)28-8-6-7-27(25-28)13-14-40-15-20-44-21-16-40)38-35(43)37-31-11-12-32(30-10-5-4-9-29(30)31)46-24-19-41-17-22-45-23-18-41/h4-12,25-26H,13-24H2,1-3H3,(H2,37,38,43). The van der Waals surface area contributed by atoms with Crippen molar-refractivity contribution in [2.45, 2.75) is 32.6 Å². The minimum Gasteiger partial charge on any atom is -0.492 e. The van der Waals surface area contributed by atoms with Gasteiger partial charge < -0.3 is 19.5 Å². The van der Waals surface area contributed by atoms with Gasteiger partial charge in [0.15, 0.2) is 0 Å². The predicted molar refractivity (Wildman–Crippen MR) is 183 cm³/mol. The van der Waals surface area contributed by atoms with E-state index in [9.17, 15) is 4.79 Å². The van der Waals surface area contributed by atoms with Crippen LogP contribution in [0, 0.1) is 0 Å². The molecule has 2 N–H and O–H groups in total. The zero-order chi connectivity index (χ0) is 31.9. The van der Waals surface area contributed by atoms with Crippen molar-refractivity contribution in [1.82, 2.24) is 19.6 Å². The first-order valence-corrected chi connectivity index (χ1v) is 16.4. The predicted octanol–water partition coefficient (Wildman–Crippen LogP) is 5.55. The lowest BCUT2D eigenvalue weighted by molar-refractivity contribution is 0.0323. The summed E-state index contributed by atoms with van der Waals surface area (Å²) in [4.78, 5) is 18.3. The van der Waals surface area contributed by atoms with E-state index in [4.69, 9.17) is 19.3 Å². The summed E-state index contributed by atoms with van der Waals surface area (Å²) in [5, 5.41) is 13.0. The van der Waals surface area contributed by atoms with E-state index in [2.05, 4.69) is 59.4 Å². The van der Waals surface area contributed by atoms with Crippen molar-refractivity contribution in [3.8, 4) is 11.4 Å². The fourth-order valence-electron chi connectivity index (χ4n) is 5.87. The molecule has 3 heterocycles. The van der Waals surface area contributed by atoms with Gasteiger partial charge in [-0.1, -0.05) is 57.2 Å². The van der Waals surface area contributed by atoms with Gasteiger partial charge in [-0.25, -0.2) is 9.48 Å². The lowest BCUT2D eigenvalue weighted by Gasteiger charge is -2.26. The molecule has 0 bridgehead atoms. The van der Waals surface area contributed by atoms with Crippen molar-refractivity contribution in [2.24, 2.45) is 0 Å². The van der Waals surface area contributed by atoms with Crippen LogP contribution >= 0.6 is 0 Å². The number of rotatable bonds is 10. The Bertz CT molecular complexity index is 1620. The minimum atomic E-state index is -0.337. The number of carbonyl (C=O) groups excluding carboxylic acids is 1.